The molecular formula is C29H28N2O5. The zero-order valence-electron chi connectivity index (χ0n) is 20.3. The highest BCUT2D eigenvalue weighted by atomic mass is 16.5. The highest BCUT2D eigenvalue weighted by Gasteiger charge is 2.26. The highest BCUT2D eigenvalue weighted by molar-refractivity contribution is 5.97. The first kappa shape index (κ1) is 24.7. The van der Waals surface area contributed by atoms with Crippen molar-refractivity contribution in [3.8, 4) is 17.1 Å². The van der Waals surface area contributed by atoms with E-state index in [-0.39, 0.29) is 12.8 Å². The molecule has 7 nitrogen and oxygen atoms in total. The van der Waals surface area contributed by atoms with Crippen LogP contribution in [0.25, 0.3) is 11.3 Å². The molecule has 0 fully saturated rings. The lowest BCUT2D eigenvalue weighted by Crippen LogP contribution is -2.26. The third-order valence-electron chi connectivity index (χ3n) is 5.47. The van der Waals surface area contributed by atoms with Crippen molar-refractivity contribution in [3.63, 3.8) is 0 Å². The molecule has 0 saturated carbocycles. The molecule has 0 radical (unpaired) electrons. The third kappa shape index (κ3) is 6.39. The highest BCUT2D eigenvalue weighted by Crippen LogP contribution is 2.27. The van der Waals surface area contributed by atoms with Crippen molar-refractivity contribution in [3.05, 3.63) is 102 Å². The number of hydrogen-bond donors (Lipinski definition) is 1. The molecule has 4 aromatic rings. The number of anilines is 1. The van der Waals surface area contributed by atoms with E-state index >= 15 is 0 Å². The Balaban J connectivity index is 1.42. The number of nitrogens with zero attached hydrogens (tertiary/aromatic N) is 1. The van der Waals surface area contributed by atoms with Crippen molar-refractivity contribution in [2.45, 2.75) is 32.8 Å². The number of oxazole rings is 1. The van der Waals surface area contributed by atoms with E-state index in [0.29, 0.717) is 35.3 Å². The van der Waals surface area contributed by atoms with Gasteiger partial charge in [-0.1, -0.05) is 72.3 Å². The fraction of sp³-hybridized carbons (Fsp3) is 0.207. The summed E-state index contributed by atoms with van der Waals surface area (Å²) in [7, 11) is 0. The summed E-state index contributed by atoms with van der Waals surface area (Å²) in [6.45, 7) is 4.34. The number of nitrogens with one attached hydrogen (secondary N) is 1. The Morgan fingerprint density at radius 1 is 0.972 bits per heavy atom. The monoisotopic (exact) mass is 484 g/mol. The maximum atomic E-state index is 13.2. The van der Waals surface area contributed by atoms with Crippen LogP contribution in [-0.4, -0.2) is 23.5 Å². The zero-order valence-corrected chi connectivity index (χ0v) is 20.3. The standard InChI is InChI=1S/C29H28N2O5/c1-3-34-24-12-8-7-11-23(24)31-29(33)28(22-9-5-4-6-10-22)36-27(32)18-17-26-30-19-25(35-26)21-15-13-20(2)14-16-21/h4-16,19,28H,3,17-18H2,1-2H3,(H,31,33). The van der Waals surface area contributed by atoms with Crippen LogP contribution >= 0.6 is 0 Å². The van der Waals surface area contributed by atoms with E-state index in [1.54, 1.807) is 48.7 Å². The van der Waals surface area contributed by atoms with Gasteiger partial charge < -0.3 is 19.2 Å². The van der Waals surface area contributed by atoms with Gasteiger partial charge in [0.25, 0.3) is 5.91 Å². The Hall–Kier alpha value is -4.39. The minimum Gasteiger partial charge on any atom is -0.492 e. The Labute approximate surface area is 210 Å². The van der Waals surface area contributed by atoms with Crippen molar-refractivity contribution in [2.75, 3.05) is 11.9 Å². The van der Waals surface area contributed by atoms with Crippen LogP contribution in [0.2, 0.25) is 0 Å². The van der Waals surface area contributed by atoms with Gasteiger partial charge >= 0.3 is 5.97 Å². The second-order valence-electron chi connectivity index (χ2n) is 8.18. The third-order valence-corrected chi connectivity index (χ3v) is 5.47. The molecule has 1 atom stereocenters. The second-order valence-corrected chi connectivity index (χ2v) is 8.18. The van der Waals surface area contributed by atoms with E-state index in [0.717, 1.165) is 11.1 Å². The van der Waals surface area contributed by atoms with Crippen molar-refractivity contribution in [1.29, 1.82) is 0 Å². The fourth-order valence-electron chi connectivity index (χ4n) is 3.63. The number of para-hydroxylation sites is 2. The summed E-state index contributed by atoms with van der Waals surface area (Å²) in [6, 6.07) is 23.9. The van der Waals surface area contributed by atoms with Gasteiger partial charge in [-0.05, 0) is 26.0 Å². The zero-order chi connectivity index (χ0) is 25.3. The predicted octanol–water partition coefficient (Wildman–Crippen LogP) is 5.90. The van der Waals surface area contributed by atoms with Gasteiger partial charge in [-0.2, -0.15) is 0 Å². The van der Waals surface area contributed by atoms with Crippen LogP contribution in [0.15, 0.2) is 89.5 Å². The number of aromatic nitrogens is 1. The molecule has 1 unspecified atom stereocenters. The normalized spacial score (nSPS) is 11.5. The second kappa shape index (κ2) is 11.8. The lowest BCUT2D eigenvalue weighted by molar-refractivity contribution is -0.154. The number of amides is 1. The molecular weight excluding hydrogens is 456 g/mol. The number of ether oxygens (including phenoxy) is 2. The van der Waals surface area contributed by atoms with Gasteiger partial charge in [0.2, 0.25) is 6.10 Å². The molecule has 0 saturated heterocycles. The van der Waals surface area contributed by atoms with Crippen molar-refractivity contribution < 1.29 is 23.5 Å². The first-order chi connectivity index (χ1) is 17.5. The molecule has 3 aromatic carbocycles. The Bertz CT molecular complexity index is 1300. The van der Waals surface area contributed by atoms with Crippen molar-refractivity contribution in [2.24, 2.45) is 0 Å². The van der Waals surface area contributed by atoms with Crippen LogP contribution < -0.4 is 10.1 Å². The van der Waals surface area contributed by atoms with Crippen LogP contribution in [0.1, 0.15) is 36.5 Å². The summed E-state index contributed by atoms with van der Waals surface area (Å²) in [5.74, 6) is 0.591. The smallest absolute Gasteiger partial charge is 0.307 e. The molecule has 1 N–H and O–H groups in total. The first-order valence-corrected chi connectivity index (χ1v) is 11.8. The van der Waals surface area contributed by atoms with Gasteiger partial charge in [-0.15, -0.1) is 0 Å². The minimum atomic E-state index is -1.12. The number of esters is 1. The quantitative estimate of drug-likeness (QED) is 0.282. The molecule has 0 aliphatic heterocycles. The molecule has 0 spiro atoms. The van der Waals surface area contributed by atoms with Gasteiger partial charge in [0, 0.05) is 17.5 Å². The average molecular weight is 485 g/mol. The molecule has 1 heterocycles. The summed E-state index contributed by atoms with van der Waals surface area (Å²) in [5.41, 5.74) is 3.13. The molecule has 1 aromatic heterocycles. The number of aryl methyl sites for hydroxylation is 2. The van der Waals surface area contributed by atoms with Crippen molar-refractivity contribution >= 4 is 17.6 Å². The lowest BCUT2D eigenvalue weighted by atomic mass is 10.1. The summed E-state index contributed by atoms with van der Waals surface area (Å²) >= 11 is 0. The van der Waals surface area contributed by atoms with Gasteiger partial charge in [-0.3, -0.25) is 9.59 Å². The molecule has 7 heteroatoms. The molecule has 0 aliphatic carbocycles. The summed E-state index contributed by atoms with van der Waals surface area (Å²) < 4.78 is 17.0. The van der Waals surface area contributed by atoms with E-state index < -0.39 is 18.0 Å². The maximum Gasteiger partial charge on any atom is 0.307 e. The summed E-state index contributed by atoms with van der Waals surface area (Å²) in [6.07, 6.45) is 0.781. The minimum absolute atomic E-state index is 0.0139. The lowest BCUT2D eigenvalue weighted by Gasteiger charge is -2.19. The number of carbonyl (C=O) groups excluding carboxylic acids is 2. The molecule has 4 rings (SSSR count). The topological polar surface area (TPSA) is 90.7 Å². The van der Waals surface area contributed by atoms with E-state index in [2.05, 4.69) is 10.3 Å². The van der Waals surface area contributed by atoms with Crippen LogP contribution in [0, 0.1) is 6.92 Å². The molecule has 36 heavy (non-hydrogen) atoms. The molecule has 0 aliphatic rings. The molecule has 0 bridgehead atoms. The summed E-state index contributed by atoms with van der Waals surface area (Å²) in [5, 5.41) is 2.83. The van der Waals surface area contributed by atoms with Gasteiger partial charge in [0.05, 0.1) is 24.9 Å². The SMILES string of the molecule is CCOc1ccccc1NC(=O)C(OC(=O)CCc1ncc(-c2ccc(C)cc2)o1)c1ccccc1. The van der Waals surface area contributed by atoms with Gasteiger partial charge in [0.1, 0.15) is 5.75 Å². The first-order valence-electron chi connectivity index (χ1n) is 11.8. The van der Waals surface area contributed by atoms with E-state index in [1.807, 2.05) is 50.2 Å². The largest absolute Gasteiger partial charge is 0.492 e. The van der Waals surface area contributed by atoms with Crippen LogP contribution in [0.3, 0.4) is 0 Å². The van der Waals surface area contributed by atoms with E-state index in [9.17, 15) is 9.59 Å². The van der Waals surface area contributed by atoms with Crippen LogP contribution in [-0.2, 0) is 20.7 Å². The number of hydrogen-bond acceptors (Lipinski definition) is 6. The number of carbonyl (C=O) groups is 2. The van der Waals surface area contributed by atoms with E-state index in [1.165, 1.54) is 0 Å². The number of rotatable bonds is 10. The molecule has 1 amide bonds. The summed E-state index contributed by atoms with van der Waals surface area (Å²) in [4.78, 5) is 30.2. The average Bonchev–Trinajstić information content (AvgIpc) is 3.37. The van der Waals surface area contributed by atoms with Crippen molar-refractivity contribution in [1.82, 2.24) is 4.98 Å². The van der Waals surface area contributed by atoms with Crippen LogP contribution in [0.4, 0.5) is 5.69 Å². The fourth-order valence-corrected chi connectivity index (χ4v) is 3.63. The van der Waals surface area contributed by atoms with Crippen LogP contribution in [0.5, 0.6) is 5.75 Å². The Morgan fingerprint density at radius 3 is 2.44 bits per heavy atom. The van der Waals surface area contributed by atoms with E-state index in [4.69, 9.17) is 13.9 Å². The number of benzene rings is 3. The Kier molecular flexibility index (Phi) is 8.13. The predicted molar refractivity (Wildman–Crippen MR) is 137 cm³/mol. The Morgan fingerprint density at radius 2 is 1.69 bits per heavy atom. The maximum absolute atomic E-state index is 13.2. The van der Waals surface area contributed by atoms with Gasteiger partial charge in [-0.25, -0.2) is 4.98 Å². The van der Waals surface area contributed by atoms with Gasteiger partial charge in [0.15, 0.2) is 11.7 Å². The molecule has 184 valence electrons.